The van der Waals surface area contributed by atoms with E-state index in [0.717, 1.165) is 11.3 Å². The van der Waals surface area contributed by atoms with Crippen LogP contribution in [0.4, 0.5) is 0 Å². The molecule has 0 spiro atoms. The Morgan fingerprint density at radius 1 is 0.875 bits per heavy atom. The van der Waals surface area contributed by atoms with Gasteiger partial charge in [0.15, 0.2) is 0 Å². The molecule has 3 aromatic rings. The normalized spacial score (nSPS) is 10.6. The predicted molar refractivity (Wildman–Crippen MR) is 102 cm³/mol. The summed E-state index contributed by atoms with van der Waals surface area (Å²) >= 11 is 0. The molecule has 1 heteroatoms. The minimum absolute atomic E-state index is 0.126. The van der Waals surface area contributed by atoms with Gasteiger partial charge in [0.2, 0.25) is 0 Å². The number of hydrogen-bond donors (Lipinski definition) is 0. The zero-order chi connectivity index (χ0) is 16.9. The van der Waals surface area contributed by atoms with Crippen molar-refractivity contribution in [2.24, 2.45) is 0 Å². The average molecular weight is 314 g/mol. The summed E-state index contributed by atoms with van der Waals surface area (Å²) < 4.78 is 5.78. The highest BCUT2D eigenvalue weighted by Gasteiger charge is 2.22. The summed E-state index contributed by atoms with van der Waals surface area (Å²) in [6, 6.07) is 25.5. The lowest BCUT2D eigenvalue weighted by Gasteiger charge is -2.23. The van der Waals surface area contributed by atoms with Crippen molar-refractivity contribution in [2.45, 2.75) is 12.8 Å². The van der Waals surface area contributed by atoms with Gasteiger partial charge in [-0.2, -0.15) is 0 Å². The van der Waals surface area contributed by atoms with Gasteiger partial charge in [-0.15, -0.1) is 0 Å². The Morgan fingerprint density at radius 3 is 1.88 bits per heavy atom. The number of hydrogen-bond acceptors (Lipinski definition) is 1. The first-order valence-corrected chi connectivity index (χ1v) is 8.15. The van der Waals surface area contributed by atoms with E-state index < -0.39 is 0 Å². The van der Waals surface area contributed by atoms with Gasteiger partial charge in [-0.3, -0.25) is 0 Å². The van der Waals surface area contributed by atoms with Gasteiger partial charge in [-0.25, -0.2) is 0 Å². The maximum absolute atomic E-state index is 5.78. The molecule has 0 aromatic heterocycles. The number of benzene rings is 3. The van der Waals surface area contributed by atoms with Gasteiger partial charge in [0.1, 0.15) is 5.75 Å². The van der Waals surface area contributed by atoms with Crippen molar-refractivity contribution >= 4 is 6.08 Å². The Hall–Kier alpha value is -2.80. The van der Waals surface area contributed by atoms with Crippen LogP contribution in [0.2, 0.25) is 0 Å². The van der Waals surface area contributed by atoms with Gasteiger partial charge in [-0.05, 0) is 29.7 Å². The Labute approximate surface area is 144 Å². The molecule has 0 aliphatic heterocycles. The summed E-state index contributed by atoms with van der Waals surface area (Å²) in [5.41, 5.74) is 5.91. The van der Waals surface area contributed by atoms with E-state index in [-0.39, 0.29) is 5.92 Å². The smallest absolute Gasteiger partial charge is 0.130 e. The molecule has 0 atom stereocenters. The molecular weight excluding hydrogens is 292 g/mol. The zero-order valence-corrected chi connectivity index (χ0v) is 14.2. The van der Waals surface area contributed by atoms with Gasteiger partial charge in [0, 0.05) is 17.0 Å². The van der Waals surface area contributed by atoms with Crippen LogP contribution in [0.1, 0.15) is 33.7 Å². The van der Waals surface area contributed by atoms with Crippen LogP contribution >= 0.6 is 0 Å². The fourth-order valence-corrected chi connectivity index (χ4v) is 3.27. The van der Waals surface area contributed by atoms with E-state index >= 15 is 0 Å². The molecule has 0 aliphatic rings. The zero-order valence-electron chi connectivity index (χ0n) is 14.2. The molecule has 0 amide bonds. The lowest BCUT2D eigenvalue weighted by Crippen LogP contribution is -2.07. The van der Waals surface area contributed by atoms with E-state index in [2.05, 4.69) is 74.2 Å². The van der Waals surface area contributed by atoms with Crippen molar-refractivity contribution < 1.29 is 4.74 Å². The molecular formula is C23H22O. The average Bonchev–Trinajstić information content (AvgIpc) is 2.63. The third kappa shape index (κ3) is 3.11. The second-order valence-corrected chi connectivity index (χ2v) is 5.94. The van der Waals surface area contributed by atoms with E-state index in [1.807, 2.05) is 18.2 Å². The van der Waals surface area contributed by atoms with Crippen LogP contribution in [0.3, 0.4) is 0 Å². The lowest BCUT2D eigenvalue weighted by atomic mass is 9.83. The van der Waals surface area contributed by atoms with Gasteiger partial charge >= 0.3 is 0 Å². The lowest BCUT2D eigenvalue weighted by molar-refractivity contribution is 0.408. The molecule has 0 aliphatic carbocycles. The quantitative estimate of drug-likeness (QED) is 0.539. The molecule has 0 N–H and O–H groups in total. The van der Waals surface area contributed by atoms with Crippen LogP contribution in [0.25, 0.3) is 6.08 Å². The SMILES string of the molecule is C=Cc1cc(C)cc(C(c2ccccc2)c2ccccc2)c1OC. The first-order chi connectivity index (χ1) is 11.7. The molecule has 0 heterocycles. The summed E-state index contributed by atoms with van der Waals surface area (Å²) in [7, 11) is 1.73. The van der Waals surface area contributed by atoms with E-state index in [1.165, 1.54) is 22.3 Å². The molecule has 120 valence electrons. The minimum Gasteiger partial charge on any atom is -0.496 e. The van der Waals surface area contributed by atoms with Gasteiger partial charge in [-0.1, -0.05) is 79.4 Å². The maximum Gasteiger partial charge on any atom is 0.130 e. The van der Waals surface area contributed by atoms with Crippen LogP contribution in [0.15, 0.2) is 79.4 Å². The molecule has 3 aromatic carbocycles. The summed E-state index contributed by atoms with van der Waals surface area (Å²) in [5.74, 6) is 1.02. The molecule has 0 saturated carbocycles. The molecule has 1 nitrogen and oxygen atoms in total. The summed E-state index contributed by atoms with van der Waals surface area (Å²) in [5, 5.41) is 0. The number of aryl methyl sites for hydroxylation is 1. The third-order valence-electron chi connectivity index (χ3n) is 4.29. The molecule has 3 rings (SSSR count). The van der Waals surface area contributed by atoms with E-state index in [9.17, 15) is 0 Å². The first-order valence-electron chi connectivity index (χ1n) is 8.15. The molecule has 0 fully saturated rings. The molecule has 0 bridgehead atoms. The predicted octanol–water partition coefficient (Wildman–Crippen LogP) is 5.83. The van der Waals surface area contributed by atoms with Crippen LogP contribution < -0.4 is 4.74 Å². The topological polar surface area (TPSA) is 9.23 Å². The highest BCUT2D eigenvalue weighted by Crippen LogP contribution is 2.39. The van der Waals surface area contributed by atoms with Crippen LogP contribution in [-0.2, 0) is 0 Å². The summed E-state index contributed by atoms with van der Waals surface area (Å²) in [6.45, 7) is 6.06. The minimum atomic E-state index is 0.126. The van der Waals surface area contributed by atoms with Crippen molar-refractivity contribution in [3.8, 4) is 5.75 Å². The van der Waals surface area contributed by atoms with E-state index in [4.69, 9.17) is 4.74 Å². The third-order valence-corrected chi connectivity index (χ3v) is 4.29. The Morgan fingerprint density at radius 2 is 1.42 bits per heavy atom. The fourth-order valence-electron chi connectivity index (χ4n) is 3.27. The largest absolute Gasteiger partial charge is 0.496 e. The first kappa shape index (κ1) is 16.1. The van der Waals surface area contributed by atoms with Crippen molar-refractivity contribution in [2.75, 3.05) is 7.11 Å². The summed E-state index contributed by atoms with van der Waals surface area (Å²) in [4.78, 5) is 0. The van der Waals surface area contributed by atoms with Crippen LogP contribution in [0, 0.1) is 6.92 Å². The number of methoxy groups -OCH3 is 1. The summed E-state index contributed by atoms with van der Waals surface area (Å²) in [6.07, 6.45) is 1.86. The van der Waals surface area contributed by atoms with E-state index in [1.54, 1.807) is 7.11 Å². The van der Waals surface area contributed by atoms with Gasteiger partial charge in [0.25, 0.3) is 0 Å². The monoisotopic (exact) mass is 314 g/mol. The second kappa shape index (κ2) is 7.18. The highest BCUT2D eigenvalue weighted by atomic mass is 16.5. The van der Waals surface area contributed by atoms with Gasteiger partial charge < -0.3 is 4.74 Å². The van der Waals surface area contributed by atoms with Crippen LogP contribution in [0.5, 0.6) is 5.75 Å². The van der Waals surface area contributed by atoms with E-state index in [0.29, 0.717) is 0 Å². The molecule has 0 radical (unpaired) electrons. The Balaban J connectivity index is 2.28. The van der Waals surface area contributed by atoms with Crippen molar-refractivity contribution in [3.63, 3.8) is 0 Å². The Kier molecular flexibility index (Phi) is 4.81. The van der Waals surface area contributed by atoms with Crippen molar-refractivity contribution in [1.82, 2.24) is 0 Å². The highest BCUT2D eigenvalue weighted by molar-refractivity contribution is 5.63. The van der Waals surface area contributed by atoms with Crippen molar-refractivity contribution in [1.29, 1.82) is 0 Å². The fraction of sp³-hybridized carbons (Fsp3) is 0.130. The van der Waals surface area contributed by atoms with Gasteiger partial charge in [0.05, 0.1) is 7.11 Å². The maximum atomic E-state index is 5.78. The Bertz CT molecular complexity index is 780. The van der Waals surface area contributed by atoms with Crippen molar-refractivity contribution in [3.05, 3.63) is 107 Å². The number of ether oxygens (including phenoxy) is 1. The number of rotatable bonds is 5. The molecule has 24 heavy (non-hydrogen) atoms. The standard InChI is InChI=1S/C23H22O/c1-4-18-15-17(2)16-21(23(18)24-3)22(19-11-7-5-8-12-19)20-13-9-6-10-14-20/h4-16,22H,1H2,2-3H3. The second-order valence-electron chi connectivity index (χ2n) is 5.94. The molecule has 0 unspecified atom stereocenters. The molecule has 0 saturated heterocycles. The van der Waals surface area contributed by atoms with Crippen LogP contribution in [-0.4, -0.2) is 7.11 Å².